The summed E-state index contributed by atoms with van der Waals surface area (Å²) in [5.74, 6) is 0.522. The Hall–Kier alpha value is -2.47. The molecular weight excluding hydrogens is 426 g/mol. The van der Waals surface area contributed by atoms with Crippen LogP contribution in [0.15, 0.2) is 66.7 Å². The molecule has 0 bridgehead atoms. The SMILES string of the molecule is CC(C)c1ccc(NC(=S)N(CCCN2CCOCC2)Cc2cccc3ccccc23)cc1. The lowest BCUT2D eigenvalue weighted by molar-refractivity contribution is 0.0368. The van der Waals surface area contributed by atoms with E-state index in [0.29, 0.717) is 5.92 Å². The fourth-order valence-corrected chi connectivity index (χ4v) is 4.63. The Morgan fingerprint density at radius 3 is 2.48 bits per heavy atom. The van der Waals surface area contributed by atoms with Gasteiger partial charge in [0.2, 0.25) is 0 Å². The first kappa shape index (κ1) is 23.7. The van der Waals surface area contributed by atoms with Gasteiger partial charge in [0.1, 0.15) is 0 Å². The van der Waals surface area contributed by atoms with Crippen molar-refractivity contribution >= 4 is 33.8 Å². The molecule has 4 rings (SSSR count). The molecule has 0 atom stereocenters. The molecule has 1 aliphatic rings. The molecule has 1 saturated heterocycles. The van der Waals surface area contributed by atoms with E-state index in [1.165, 1.54) is 21.9 Å². The zero-order chi connectivity index (χ0) is 23.0. The summed E-state index contributed by atoms with van der Waals surface area (Å²) in [6.07, 6.45) is 1.07. The highest BCUT2D eigenvalue weighted by molar-refractivity contribution is 7.80. The second-order valence-corrected chi connectivity index (χ2v) is 9.46. The maximum absolute atomic E-state index is 5.91. The van der Waals surface area contributed by atoms with E-state index in [2.05, 4.69) is 95.7 Å². The zero-order valence-electron chi connectivity index (χ0n) is 19.8. The van der Waals surface area contributed by atoms with E-state index in [1.54, 1.807) is 0 Å². The van der Waals surface area contributed by atoms with Gasteiger partial charge in [-0.3, -0.25) is 4.90 Å². The summed E-state index contributed by atoms with van der Waals surface area (Å²) in [5.41, 5.74) is 3.68. The van der Waals surface area contributed by atoms with E-state index in [1.807, 2.05) is 0 Å². The van der Waals surface area contributed by atoms with Crippen LogP contribution in [0.1, 0.15) is 37.3 Å². The van der Waals surface area contributed by atoms with Crippen molar-refractivity contribution in [3.05, 3.63) is 77.9 Å². The molecule has 3 aromatic carbocycles. The van der Waals surface area contributed by atoms with Crippen LogP contribution in [0.3, 0.4) is 0 Å². The van der Waals surface area contributed by atoms with Gasteiger partial charge in [0.25, 0.3) is 0 Å². The van der Waals surface area contributed by atoms with Crippen LogP contribution < -0.4 is 5.32 Å². The molecule has 0 aliphatic carbocycles. The number of morpholine rings is 1. The molecule has 0 unspecified atom stereocenters. The van der Waals surface area contributed by atoms with Crippen LogP contribution in [-0.2, 0) is 11.3 Å². The first-order chi connectivity index (χ1) is 16.1. The number of hydrogen-bond acceptors (Lipinski definition) is 3. The Bertz CT molecular complexity index is 1040. The number of anilines is 1. The number of thiocarbonyl (C=S) groups is 1. The van der Waals surface area contributed by atoms with E-state index in [9.17, 15) is 0 Å². The highest BCUT2D eigenvalue weighted by Gasteiger charge is 2.15. The lowest BCUT2D eigenvalue weighted by atomic mass is 10.0. The van der Waals surface area contributed by atoms with Crippen molar-refractivity contribution in [2.45, 2.75) is 32.7 Å². The number of benzene rings is 3. The molecule has 0 radical (unpaired) electrons. The predicted octanol–water partition coefficient (Wildman–Crippen LogP) is 5.88. The van der Waals surface area contributed by atoms with Crippen molar-refractivity contribution in [3.8, 4) is 0 Å². The average Bonchev–Trinajstić information content (AvgIpc) is 2.84. The minimum absolute atomic E-state index is 0.522. The Morgan fingerprint density at radius 2 is 1.73 bits per heavy atom. The second-order valence-electron chi connectivity index (χ2n) is 9.07. The lowest BCUT2D eigenvalue weighted by Gasteiger charge is -2.30. The summed E-state index contributed by atoms with van der Waals surface area (Å²) >= 11 is 5.91. The molecule has 1 aliphatic heterocycles. The van der Waals surface area contributed by atoms with E-state index in [0.717, 1.165) is 63.2 Å². The van der Waals surface area contributed by atoms with Gasteiger partial charge in [-0.15, -0.1) is 0 Å². The number of ether oxygens (including phenoxy) is 1. The van der Waals surface area contributed by atoms with Crippen LogP contribution in [0.2, 0.25) is 0 Å². The van der Waals surface area contributed by atoms with Crippen molar-refractivity contribution in [1.29, 1.82) is 0 Å². The number of hydrogen-bond donors (Lipinski definition) is 1. The van der Waals surface area contributed by atoms with Gasteiger partial charge in [0.05, 0.1) is 13.2 Å². The number of nitrogens with zero attached hydrogens (tertiary/aromatic N) is 2. The molecule has 1 N–H and O–H groups in total. The van der Waals surface area contributed by atoms with Crippen molar-refractivity contribution in [3.63, 3.8) is 0 Å². The normalized spacial score (nSPS) is 14.5. The van der Waals surface area contributed by atoms with Crippen LogP contribution in [0.5, 0.6) is 0 Å². The molecule has 0 amide bonds. The maximum atomic E-state index is 5.91. The lowest BCUT2D eigenvalue weighted by Crippen LogP contribution is -2.40. The molecule has 33 heavy (non-hydrogen) atoms. The third-order valence-electron chi connectivity index (χ3n) is 6.36. The summed E-state index contributed by atoms with van der Waals surface area (Å²) in [6, 6.07) is 23.8. The monoisotopic (exact) mass is 461 g/mol. The molecule has 0 saturated carbocycles. The zero-order valence-corrected chi connectivity index (χ0v) is 20.6. The standard InChI is InChI=1S/C28H35N3OS/c1-22(2)23-11-13-26(14-12-23)29-28(33)31(16-6-15-30-17-19-32-20-18-30)21-25-9-5-8-24-7-3-4-10-27(24)25/h3-5,7-14,22H,6,15-21H2,1-2H3,(H,29,33). The van der Waals surface area contributed by atoms with E-state index in [4.69, 9.17) is 17.0 Å². The van der Waals surface area contributed by atoms with Crippen molar-refractivity contribution in [1.82, 2.24) is 9.80 Å². The summed E-state index contributed by atoms with van der Waals surface area (Å²) in [5, 5.41) is 6.83. The minimum atomic E-state index is 0.522. The van der Waals surface area contributed by atoms with Crippen molar-refractivity contribution in [2.75, 3.05) is 44.7 Å². The van der Waals surface area contributed by atoms with Crippen LogP contribution >= 0.6 is 12.2 Å². The topological polar surface area (TPSA) is 27.7 Å². The molecular formula is C28H35N3OS. The van der Waals surface area contributed by atoms with Gasteiger partial charge >= 0.3 is 0 Å². The Morgan fingerprint density at radius 1 is 1.00 bits per heavy atom. The predicted molar refractivity (Wildman–Crippen MR) is 143 cm³/mol. The molecule has 0 spiro atoms. The van der Waals surface area contributed by atoms with Crippen molar-refractivity contribution in [2.24, 2.45) is 0 Å². The second kappa shape index (κ2) is 11.6. The highest BCUT2D eigenvalue weighted by Crippen LogP contribution is 2.22. The van der Waals surface area contributed by atoms with Gasteiger partial charge in [-0.2, -0.15) is 0 Å². The third-order valence-corrected chi connectivity index (χ3v) is 6.72. The number of fused-ring (bicyclic) bond motifs is 1. The fourth-order valence-electron chi connectivity index (χ4n) is 4.35. The molecule has 0 aromatic heterocycles. The van der Waals surface area contributed by atoms with Crippen molar-refractivity contribution < 1.29 is 4.74 Å². The number of rotatable bonds is 8. The van der Waals surface area contributed by atoms with Gasteiger partial charge in [-0.1, -0.05) is 68.4 Å². The van der Waals surface area contributed by atoms with E-state index >= 15 is 0 Å². The third kappa shape index (κ3) is 6.53. The summed E-state index contributed by atoms with van der Waals surface area (Å²) < 4.78 is 5.49. The minimum Gasteiger partial charge on any atom is -0.379 e. The summed E-state index contributed by atoms with van der Waals surface area (Å²) in [6.45, 7) is 10.9. The molecule has 5 heteroatoms. The van der Waals surface area contributed by atoms with Crippen LogP contribution in [0.25, 0.3) is 10.8 Å². The smallest absolute Gasteiger partial charge is 0.173 e. The van der Waals surface area contributed by atoms with Gasteiger partial charge in [-0.05, 0) is 58.6 Å². The fraction of sp³-hybridized carbons (Fsp3) is 0.393. The van der Waals surface area contributed by atoms with Crippen LogP contribution in [-0.4, -0.2) is 54.3 Å². The van der Waals surface area contributed by atoms with Gasteiger partial charge in [0.15, 0.2) is 5.11 Å². The summed E-state index contributed by atoms with van der Waals surface area (Å²) in [4.78, 5) is 4.80. The first-order valence-electron chi connectivity index (χ1n) is 12.0. The molecule has 1 heterocycles. The van der Waals surface area contributed by atoms with Gasteiger partial charge < -0.3 is 15.0 Å². The Balaban J connectivity index is 1.47. The first-order valence-corrected chi connectivity index (χ1v) is 12.4. The Kier molecular flexibility index (Phi) is 8.32. The highest BCUT2D eigenvalue weighted by atomic mass is 32.1. The quantitative estimate of drug-likeness (QED) is 0.423. The molecule has 3 aromatic rings. The molecule has 4 nitrogen and oxygen atoms in total. The number of nitrogens with one attached hydrogen (secondary N) is 1. The van der Waals surface area contributed by atoms with E-state index in [-0.39, 0.29) is 0 Å². The molecule has 174 valence electrons. The van der Waals surface area contributed by atoms with Gasteiger partial charge in [-0.25, -0.2) is 0 Å². The average molecular weight is 462 g/mol. The van der Waals surface area contributed by atoms with Crippen LogP contribution in [0.4, 0.5) is 5.69 Å². The van der Waals surface area contributed by atoms with Crippen LogP contribution in [0, 0.1) is 0 Å². The van der Waals surface area contributed by atoms with Gasteiger partial charge in [0, 0.05) is 38.4 Å². The largest absolute Gasteiger partial charge is 0.379 e. The van der Waals surface area contributed by atoms with E-state index < -0.39 is 0 Å². The Labute approximate surface area is 203 Å². The maximum Gasteiger partial charge on any atom is 0.173 e. The molecule has 1 fully saturated rings. The summed E-state index contributed by atoms with van der Waals surface area (Å²) in [7, 11) is 0.